The highest BCUT2D eigenvalue weighted by Gasteiger charge is 2.44. The number of unbranched alkanes of at least 4 members (excludes halogenated alkanes) is 19. The summed E-state index contributed by atoms with van der Waals surface area (Å²) in [6, 6.07) is -0.990. The molecule has 7 N–H and O–H groups in total. The van der Waals surface area contributed by atoms with Crippen LogP contribution in [0.15, 0.2) is 24.3 Å². The zero-order valence-electron chi connectivity index (χ0n) is 31.5. The second-order valence-corrected chi connectivity index (χ2v) is 14.2. The van der Waals surface area contributed by atoms with Crippen LogP contribution >= 0.6 is 0 Å². The Hall–Kier alpha value is -1.37. The van der Waals surface area contributed by atoms with Crippen molar-refractivity contribution in [3.8, 4) is 0 Å². The maximum Gasteiger partial charge on any atom is 0.249 e. The minimum atomic E-state index is -1.61. The van der Waals surface area contributed by atoms with Crippen molar-refractivity contribution in [2.75, 3.05) is 13.2 Å². The minimum Gasteiger partial charge on any atom is -0.394 e. The molecule has 1 aliphatic rings. The highest BCUT2D eigenvalue weighted by molar-refractivity contribution is 5.80. The Balaban J connectivity index is 2.54. The fraction of sp³-hybridized carbons (Fsp3) is 0.875. The maximum atomic E-state index is 12.9. The number of amides is 1. The molecular formula is C40H75NO9. The molecule has 1 heterocycles. The monoisotopic (exact) mass is 714 g/mol. The second kappa shape index (κ2) is 31.2. The molecule has 10 heteroatoms. The minimum absolute atomic E-state index is 0.306. The van der Waals surface area contributed by atoms with Gasteiger partial charge in [-0.25, -0.2) is 0 Å². The molecule has 1 fully saturated rings. The van der Waals surface area contributed by atoms with Crippen molar-refractivity contribution in [1.82, 2.24) is 5.32 Å². The van der Waals surface area contributed by atoms with Gasteiger partial charge in [0.05, 0.1) is 25.4 Å². The molecule has 1 unspecified atom stereocenters. The van der Waals surface area contributed by atoms with E-state index in [1.165, 1.54) is 96.3 Å². The van der Waals surface area contributed by atoms with Gasteiger partial charge >= 0.3 is 0 Å². The van der Waals surface area contributed by atoms with Gasteiger partial charge < -0.3 is 45.4 Å². The van der Waals surface area contributed by atoms with Crippen LogP contribution in [0.4, 0.5) is 0 Å². The van der Waals surface area contributed by atoms with Crippen LogP contribution in [0.1, 0.15) is 162 Å². The lowest BCUT2D eigenvalue weighted by Crippen LogP contribution is -2.60. The molecule has 0 aromatic carbocycles. The molecule has 0 aliphatic carbocycles. The number of aliphatic hydroxyl groups excluding tert-OH is 6. The lowest BCUT2D eigenvalue weighted by molar-refractivity contribution is -0.302. The number of hydrogen-bond acceptors (Lipinski definition) is 9. The molecule has 0 bridgehead atoms. The smallest absolute Gasteiger partial charge is 0.249 e. The van der Waals surface area contributed by atoms with E-state index in [4.69, 9.17) is 9.47 Å². The molecular weight excluding hydrogens is 638 g/mol. The predicted molar refractivity (Wildman–Crippen MR) is 199 cm³/mol. The Morgan fingerprint density at radius 3 is 1.74 bits per heavy atom. The molecule has 1 amide bonds. The third kappa shape index (κ3) is 21.9. The van der Waals surface area contributed by atoms with E-state index >= 15 is 0 Å². The fourth-order valence-electron chi connectivity index (χ4n) is 6.24. The first-order valence-electron chi connectivity index (χ1n) is 20.2. The van der Waals surface area contributed by atoms with E-state index in [2.05, 4.69) is 31.3 Å². The molecule has 0 radical (unpaired) electrons. The predicted octanol–water partition coefficient (Wildman–Crippen LogP) is 6.13. The number of ether oxygens (including phenoxy) is 2. The highest BCUT2D eigenvalue weighted by atomic mass is 16.7. The van der Waals surface area contributed by atoms with Crippen LogP contribution in [0.2, 0.25) is 0 Å². The Bertz CT molecular complexity index is 855. The maximum absolute atomic E-state index is 12.9. The third-order valence-corrected chi connectivity index (χ3v) is 9.64. The van der Waals surface area contributed by atoms with Crippen molar-refractivity contribution in [2.45, 2.75) is 210 Å². The van der Waals surface area contributed by atoms with Gasteiger partial charge in [0.1, 0.15) is 30.5 Å². The van der Waals surface area contributed by atoms with E-state index in [0.29, 0.717) is 19.3 Å². The number of carbonyl (C=O) groups is 1. The number of rotatable bonds is 32. The van der Waals surface area contributed by atoms with E-state index in [0.717, 1.165) is 32.1 Å². The summed E-state index contributed by atoms with van der Waals surface area (Å²) >= 11 is 0. The van der Waals surface area contributed by atoms with Crippen molar-refractivity contribution in [3.63, 3.8) is 0 Å². The number of carbonyl (C=O) groups excluding carboxylic acids is 1. The van der Waals surface area contributed by atoms with E-state index in [9.17, 15) is 35.4 Å². The number of allylic oxidation sites excluding steroid dienone is 3. The van der Waals surface area contributed by atoms with Crippen molar-refractivity contribution in [1.29, 1.82) is 0 Å². The van der Waals surface area contributed by atoms with Crippen LogP contribution in [-0.4, -0.2) is 98.7 Å². The van der Waals surface area contributed by atoms with Crippen LogP contribution in [0.25, 0.3) is 0 Å². The lowest BCUT2D eigenvalue weighted by Gasteiger charge is -2.40. The molecule has 10 nitrogen and oxygen atoms in total. The molecule has 50 heavy (non-hydrogen) atoms. The summed E-state index contributed by atoms with van der Waals surface area (Å²) in [5.41, 5.74) is 0. The second-order valence-electron chi connectivity index (χ2n) is 14.2. The molecule has 0 spiro atoms. The normalized spacial score (nSPS) is 23.1. The Morgan fingerprint density at radius 2 is 1.18 bits per heavy atom. The molecule has 0 aromatic heterocycles. The molecule has 8 atom stereocenters. The topological polar surface area (TPSA) is 169 Å². The van der Waals surface area contributed by atoms with Crippen LogP contribution < -0.4 is 5.32 Å². The van der Waals surface area contributed by atoms with Gasteiger partial charge in [-0.2, -0.15) is 0 Å². The zero-order valence-corrected chi connectivity index (χ0v) is 31.5. The summed E-state index contributed by atoms with van der Waals surface area (Å²) < 4.78 is 11.1. The van der Waals surface area contributed by atoms with Crippen LogP contribution in [-0.2, 0) is 14.3 Å². The summed E-state index contributed by atoms with van der Waals surface area (Å²) in [6.07, 6.45) is 24.1. The van der Waals surface area contributed by atoms with Gasteiger partial charge in [0.15, 0.2) is 6.29 Å². The Morgan fingerprint density at radius 1 is 0.680 bits per heavy atom. The van der Waals surface area contributed by atoms with Crippen molar-refractivity contribution in [3.05, 3.63) is 24.3 Å². The van der Waals surface area contributed by atoms with Gasteiger partial charge in [-0.05, 0) is 32.1 Å². The molecule has 0 aromatic rings. The Kier molecular flexibility index (Phi) is 29.1. The van der Waals surface area contributed by atoms with Crippen LogP contribution in [0, 0.1) is 0 Å². The van der Waals surface area contributed by atoms with Gasteiger partial charge in [-0.15, -0.1) is 0 Å². The first kappa shape index (κ1) is 46.7. The summed E-state index contributed by atoms with van der Waals surface area (Å²) in [5, 5.41) is 64.3. The van der Waals surface area contributed by atoms with Crippen LogP contribution in [0.3, 0.4) is 0 Å². The van der Waals surface area contributed by atoms with Crippen LogP contribution in [0.5, 0.6) is 0 Å². The quantitative estimate of drug-likeness (QED) is 0.0320. The van der Waals surface area contributed by atoms with Crippen molar-refractivity contribution >= 4 is 5.91 Å². The van der Waals surface area contributed by atoms with Crippen molar-refractivity contribution < 1.29 is 44.9 Å². The first-order chi connectivity index (χ1) is 24.3. The first-order valence-corrected chi connectivity index (χ1v) is 20.2. The summed E-state index contributed by atoms with van der Waals surface area (Å²) in [5.74, 6) is -0.628. The molecule has 294 valence electrons. The van der Waals surface area contributed by atoms with E-state index in [-0.39, 0.29) is 6.61 Å². The lowest BCUT2D eigenvalue weighted by atomic mass is 9.99. The molecule has 1 aliphatic heterocycles. The largest absolute Gasteiger partial charge is 0.394 e. The average Bonchev–Trinajstić information content (AvgIpc) is 3.11. The average molecular weight is 714 g/mol. The summed E-state index contributed by atoms with van der Waals surface area (Å²) in [4.78, 5) is 12.9. The SMILES string of the molecule is CCCCCCCCC/C=C\CC/C=C/[C@@H](O)[C@H](CO[C@@H]1O[C@H](CO)[C@@H](O)[C@H](O)[C@H]1O)NC(=O)C(O)CCCCCCCCCCCCCC. The molecule has 1 saturated heterocycles. The summed E-state index contributed by atoms with van der Waals surface area (Å²) in [6.45, 7) is 3.54. The van der Waals surface area contributed by atoms with Crippen molar-refractivity contribution in [2.24, 2.45) is 0 Å². The fourth-order valence-corrected chi connectivity index (χ4v) is 6.24. The zero-order chi connectivity index (χ0) is 36.8. The standard InChI is InChI=1S/C40H75NO9/c1-3-5-7-9-11-13-15-17-19-20-22-24-26-28-33(43)32(31-49-40-38(47)37(46)36(45)35(30-42)50-40)41-39(48)34(44)29-27-25-23-21-18-16-14-12-10-8-6-4-2/h19-20,26,28,32-38,40,42-47H,3-18,21-25,27,29-31H2,1-2H3,(H,41,48)/b20-19-,28-26+/t32-,33+,34?,35+,36+,37-,38+,40+/m0/s1. The summed E-state index contributed by atoms with van der Waals surface area (Å²) in [7, 11) is 0. The van der Waals surface area contributed by atoms with Gasteiger partial charge in [0.2, 0.25) is 5.91 Å². The van der Waals surface area contributed by atoms with Gasteiger partial charge in [0.25, 0.3) is 0 Å². The van der Waals surface area contributed by atoms with E-state index in [1.54, 1.807) is 6.08 Å². The van der Waals surface area contributed by atoms with E-state index < -0.39 is 61.5 Å². The number of hydrogen-bond donors (Lipinski definition) is 7. The number of aliphatic hydroxyl groups is 6. The molecule has 1 rings (SSSR count). The van der Waals surface area contributed by atoms with Gasteiger partial charge in [0, 0.05) is 0 Å². The Labute approximate surface area is 303 Å². The van der Waals surface area contributed by atoms with Gasteiger partial charge in [-0.3, -0.25) is 4.79 Å². The highest BCUT2D eigenvalue weighted by Crippen LogP contribution is 2.22. The van der Waals surface area contributed by atoms with Gasteiger partial charge in [-0.1, -0.05) is 154 Å². The molecule has 0 saturated carbocycles. The number of nitrogens with one attached hydrogen (secondary N) is 1. The van der Waals surface area contributed by atoms with E-state index in [1.807, 2.05) is 6.08 Å². The third-order valence-electron chi connectivity index (χ3n) is 9.64.